The predicted octanol–water partition coefficient (Wildman–Crippen LogP) is 0.102. The SMILES string of the molecule is OC[C@H]1O[C@@H](Nc2nnc(-c3ccc4ccccc4c3)o2)[C@H](O)[C@@H](O)[C@@H]1O. The van der Waals surface area contributed by atoms with Crippen molar-refractivity contribution in [2.24, 2.45) is 0 Å². The van der Waals surface area contributed by atoms with Crippen LogP contribution < -0.4 is 5.32 Å². The van der Waals surface area contributed by atoms with E-state index in [4.69, 9.17) is 9.15 Å². The van der Waals surface area contributed by atoms with Gasteiger partial charge in [0.1, 0.15) is 24.4 Å². The highest BCUT2D eigenvalue weighted by Gasteiger charge is 2.43. The summed E-state index contributed by atoms with van der Waals surface area (Å²) < 4.78 is 10.9. The second kappa shape index (κ2) is 7.22. The molecule has 1 aromatic heterocycles. The van der Waals surface area contributed by atoms with Gasteiger partial charge in [-0.25, -0.2) is 0 Å². The fraction of sp³-hybridized carbons (Fsp3) is 0.333. The Hall–Kier alpha value is -2.56. The molecule has 3 aromatic rings. The Kier molecular flexibility index (Phi) is 4.77. The van der Waals surface area contributed by atoms with Gasteiger partial charge in [-0.3, -0.25) is 0 Å². The van der Waals surface area contributed by atoms with Gasteiger partial charge in [0.05, 0.1) is 6.61 Å². The molecule has 9 nitrogen and oxygen atoms in total. The standard InChI is InChI=1S/C18H19N3O6/c22-8-12-13(23)14(24)15(25)17(26-12)19-18-21-20-16(27-18)11-6-5-9-3-1-2-4-10(9)7-11/h1-7,12-15,17,22-25H,8H2,(H,19,21)/t12-,13-,14+,15-,17-/m1/s1. The van der Waals surface area contributed by atoms with Gasteiger partial charge in [-0.2, -0.15) is 0 Å². The zero-order valence-corrected chi connectivity index (χ0v) is 14.1. The van der Waals surface area contributed by atoms with E-state index in [1.807, 2.05) is 42.5 Å². The molecule has 142 valence electrons. The second-order valence-corrected chi connectivity index (χ2v) is 6.37. The summed E-state index contributed by atoms with van der Waals surface area (Å²) in [4.78, 5) is 0. The van der Waals surface area contributed by atoms with Crippen molar-refractivity contribution in [2.45, 2.75) is 30.6 Å². The fourth-order valence-corrected chi connectivity index (χ4v) is 3.06. The van der Waals surface area contributed by atoms with Crippen molar-refractivity contribution in [3.05, 3.63) is 42.5 Å². The van der Waals surface area contributed by atoms with E-state index in [-0.39, 0.29) is 11.9 Å². The number of benzene rings is 2. The summed E-state index contributed by atoms with van der Waals surface area (Å²) in [5.74, 6) is 0.271. The normalized spacial score (nSPS) is 28.4. The molecule has 1 aliphatic rings. The molecule has 0 aliphatic carbocycles. The topological polar surface area (TPSA) is 141 Å². The largest absolute Gasteiger partial charge is 0.403 e. The van der Waals surface area contributed by atoms with Gasteiger partial charge in [0.2, 0.25) is 5.89 Å². The van der Waals surface area contributed by atoms with Crippen molar-refractivity contribution < 1.29 is 29.6 Å². The van der Waals surface area contributed by atoms with Gasteiger partial charge in [0.15, 0.2) is 6.23 Å². The minimum absolute atomic E-state index is 0.0255. The third-order valence-corrected chi connectivity index (χ3v) is 4.58. The van der Waals surface area contributed by atoms with Crippen LogP contribution in [0.1, 0.15) is 0 Å². The van der Waals surface area contributed by atoms with E-state index in [1.165, 1.54) is 0 Å². The van der Waals surface area contributed by atoms with E-state index in [1.54, 1.807) is 0 Å². The molecule has 4 rings (SSSR count). The molecule has 1 fully saturated rings. The van der Waals surface area contributed by atoms with Crippen LogP contribution in [0, 0.1) is 0 Å². The molecule has 5 atom stereocenters. The van der Waals surface area contributed by atoms with Crippen LogP contribution in [-0.4, -0.2) is 67.9 Å². The van der Waals surface area contributed by atoms with Gasteiger partial charge in [0.25, 0.3) is 0 Å². The Morgan fingerprint density at radius 3 is 2.48 bits per heavy atom. The number of rotatable bonds is 4. The van der Waals surface area contributed by atoms with Gasteiger partial charge in [-0.1, -0.05) is 35.4 Å². The van der Waals surface area contributed by atoms with Gasteiger partial charge < -0.3 is 34.9 Å². The van der Waals surface area contributed by atoms with Crippen molar-refractivity contribution in [3.63, 3.8) is 0 Å². The van der Waals surface area contributed by atoms with E-state index in [0.29, 0.717) is 0 Å². The fourth-order valence-electron chi connectivity index (χ4n) is 3.06. The van der Waals surface area contributed by atoms with Crippen molar-refractivity contribution in [1.29, 1.82) is 0 Å². The average Bonchev–Trinajstić information content (AvgIpc) is 3.16. The number of nitrogens with zero attached hydrogens (tertiary/aromatic N) is 2. The maximum atomic E-state index is 10.1. The zero-order chi connectivity index (χ0) is 19.0. The summed E-state index contributed by atoms with van der Waals surface area (Å²) in [5, 5.41) is 51.6. The maximum Gasteiger partial charge on any atom is 0.317 e. The van der Waals surface area contributed by atoms with Gasteiger partial charge in [-0.15, -0.1) is 5.10 Å². The molecule has 0 bridgehead atoms. The molecular weight excluding hydrogens is 354 g/mol. The van der Waals surface area contributed by atoms with Crippen LogP contribution in [0.4, 0.5) is 6.01 Å². The first kappa shape index (κ1) is 17.8. The number of aliphatic hydroxyl groups is 4. The Morgan fingerprint density at radius 1 is 0.926 bits per heavy atom. The van der Waals surface area contributed by atoms with Crippen LogP contribution in [0.15, 0.2) is 46.9 Å². The first-order valence-corrected chi connectivity index (χ1v) is 8.46. The number of ether oxygens (including phenoxy) is 1. The summed E-state index contributed by atoms with van der Waals surface area (Å²) in [6.07, 6.45) is -6.52. The minimum atomic E-state index is -1.49. The molecular formula is C18H19N3O6. The zero-order valence-electron chi connectivity index (χ0n) is 14.1. The van der Waals surface area contributed by atoms with E-state index in [2.05, 4.69) is 15.5 Å². The Bertz CT molecular complexity index is 930. The first-order valence-electron chi connectivity index (χ1n) is 8.46. The predicted molar refractivity (Wildman–Crippen MR) is 94.6 cm³/mol. The molecule has 5 N–H and O–H groups in total. The lowest BCUT2D eigenvalue weighted by Gasteiger charge is -2.39. The quantitative estimate of drug-likeness (QED) is 0.430. The number of hydrogen-bond donors (Lipinski definition) is 5. The molecule has 0 amide bonds. The van der Waals surface area contributed by atoms with Crippen molar-refractivity contribution in [2.75, 3.05) is 11.9 Å². The summed E-state index contributed by atoms with van der Waals surface area (Å²) in [5.41, 5.74) is 0.725. The van der Waals surface area contributed by atoms with Gasteiger partial charge >= 0.3 is 6.01 Å². The Morgan fingerprint density at radius 2 is 1.70 bits per heavy atom. The molecule has 2 aromatic carbocycles. The third-order valence-electron chi connectivity index (χ3n) is 4.58. The number of fused-ring (bicyclic) bond motifs is 1. The van der Waals surface area contributed by atoms with Gasteiger partial charge in [-0.05, 0) is 22.9 Å². The van der Waals surface area contributed by atoms with E-state index in [9.17, 15) is 20.4 Å². The lowest BCUT2D eigenvalue weighted by atomic mass is 9.98. The molecule has 0 radical (unpaired) electrons. The molecule has 1 saturated heterocycles. The highest BCUT2D eigenvalue weighted by molar-refractivity contribution is 5.86. The van der Waals surface area contributed by atoms with Crippen LogP contribution >= 0.6 is 0 Å². The van der Waals surface area contributed by atoms with Crippen LogP contribution in [0.5, 0.6) is 0 Å². The lowest BCUT2D eigenvalue weighted by Crippen LogP contribution is -2.60. The monoisotopic (exact) mass is 373 g/mol. The third kappa shape index (κ3) is 3.38. The highest BCUT2D eigenvalue weighted by atomic mass is 16.6. The number of aliphatic hydroxyl groups excluding tert-OH is 4. The summed E-state index contributed by atoms with van der Waals surface area (Å²) in [6.45, 7) is -0.519. The number of nitrogens with one attached hydrogen (secondary N) is 1. The second-order valence-electron chi connectivity index (χ2n) is 6.37. The Labute approximate surface area is 153 Å². The van der Waals surface area contributed by atoms with Crippen molar-refractivity contribution in [1.82, 2.24) is 10.2 Å². The van der Waals surface area contributed by atoms with Crippen LogP contribution in [0.2, 0.25) is 0 Å². The van der Waals surface area contributed by atoms with Crippen LogP contribution in [0.3, 0.4) is 0 Å². The highest BCUT2D eigenvalue weighted by Crippen LogP contribution is 2.26. The molecule has 0 unspecified atom stereocenters. The van der Waals surface area contributed by atoms with Crippen molar-refractivity contribution >= 4 is 16.8 Å². The summed E-state index contributed by atoms with van der Waals surface area (Å²) in [7, 11) is 0. The molecule has 1 aliphatic heterocycles. The molecule has 9 heteroatoms. The maximum absolute atomic E-state index is 10.1. The molecule has 0 spiro atoms. The van der Waals surface area contributed by atoms with E-state index in [0.717, 1.165) is 16.3 Å². The van der Waals surface area contributed by atoms with E-state index < -0.39 is 37.3 Å². The summed E-state index contributed by atoms with van der Waals surface area (Å²) >= 11 is 0. The number of anilines is 1. The summed E-state index contributed by atoms with van der Waals surface area (Å²) in [6, 6.07) is 13.6. The minimum Gasteiger partial charge on any atom is -0.403 e. The number of aromatic nitrogens is 2. The van der Waals surface area contributed by atoms with Crippen LogP contribution in [-0.2, 0) is 4.74 Å². The molecule has 0 saturated carbocycles. The molecule has 27 heavy (non-hydrogen) atoms. The first-order chi connectivity index (χ1) is 13.1. The average molecular weight is 373 g/mol. The van der Waals surface area contributed by atoms with Crippen LogP contribution in [0.25, 0.3) is 22.2 Å². The Balaban J connectivity index is 1.53. The number of hydrogen-bond acceptors (Lipinski definition) is 9. The van der Waals surface area contributed by atoms with Crippen molar-refractivity contribution in [3.8, 4) is 11.5 Å². The lowest BCUT2D eigenvalue weighted by molar-refractivity contribution is -0.222. The molecule has 2 heterocycles. The smallest absolute Gasteiger partial charge is 0.317 e. The van der Waals surface area contributed by atoms with E-state index >= 15 is 0 Å². The van der Waals surface area contributed by atoms with Gasteiger partial charge in [0, 0.05) is 5.56 Å².